The lowest BCUT2D eigenvalue weighted by molar-refractivity contribution is 0.0562. The molecule has 1 unspecified atom stereocenters. The number of aromatic nitrogens is 3. The monoisotopic (exact) mass is 261 g/mol. The van der Waals surface area contributed by atoms with Crippen molar-refractivity contribution in [2.45, 2.75) is 47.0 Å². The standard InChI is InChI=1S/C14H21N4O/c1-5-6-18-8-16-13-12(7-19-11(4)15)17-10(3)9(2)14(13)18/h6,8,11H,5,7,15H2,1-4H3. The first-order chi connectivity index (χ1) is 9.04. The molecule has 19 heavy (non-hydrogen) atoms. The van der Waals surface area contributed by atoms with Crippen LogP contribution in [0.15, 0.2) is 6.33 Å². The average molecular weight is 261 g/mol. The molecular formula is C14H21N4O. The van der Waals surface area contributed by atoms with Gasteiger partial charge in [-0.3, -0.25) is 4.98 Å². The smallest absolute Gasteiger partial charge is 0.113 e. The Bertz CT molecular complexity index is 574. The van der Waals surface area contributed by atoms with E-state index in [4.69, 9.17) is 10.5 Å². The lowest BCUT2D eigenvalue weighted by Crippen LogP contribution is -2.19. The van der Waals surface area contributed by atoms with Crippen LogP contribution in [0.25, 0.3) is 11.0 Å². The van der Waals surface area contributed by atoms with E-state index in [0.717, 1.165) is 34.4 Å². The Morgan fingerprint density at radius 2 is 2.21 bits per heavy atom. The van der Waals surface area contributed by atoms with Crippen molar-refractivity contribution in [3.63, 3.8) is 0 Å². The quantitative estimate of drug-likeness (QED) is 0.839. The van der Waals surface area contributed by atoms with E-state index in [1.165, 1.54) is 0 Å². The van der Waals surface area contributed by atoms with Crippen LogP contribution < -0.4 is 5.73 Å². The fourth-order valence-electron chi connectivity index (χ4n) is 2.10. The second kappa shape index (κ2) is 5.67. The summed E-state index contributed by atoms with van der Waals surface area (Å²) in [5.41, 5.74) is 10.6. The van der Waals surface area contributed by atoms with Crippen LogP contribution in [0.2, 0.25) is 0 Å². The van der Waals surface area contributed by atoms with Gasteiger partial charge in [0, 0.05) is 5.69 Å². The molecule has 0 aliphatic heterocycles. The summed E-state index contributed by atoms with van der Waals surface area (Å²) in [6.07, 6.45) is 2.48. The highest BCUT2D eigenvalue weighted by atomic mass is 16.5. The van der Waals surface area contributed by atoms with Crippen molar-refractivity contribution in [3.8, 4) is 0 Å². The molecule has 0 aliphatic rings. The normalized spacial score (nSPS) is 13.1. The number of pyridine rings is 1. The first-order valence-electron chi connectivity index (χ1n) is 6.57. The van der Waals surface area contributed by atoms with Crippen molar-refractivity contribution in [2.24, 2.45) is 5.73 Å². The summed E-state index contributed by atoms with van der Waals surface area (Å²) >= 11 is 0. The Morgan fingerprint density at radius 3 is 2.84 bits per heavy atom. The summed E-state index contributed by atoms with van der Waals surface area (Å²) < 4.78 is 7.52. The zero-order chi connectivity index (χ0) is 14.0. The summed E-state index contributed by atoms with van der Waals surface area (Å²) in [4.78, 5) is 9.04. The number of hydrogen-bond donors (Lipinski definition) is 1. The Morgan fingerprint density at radius 1 is 1.47 bits per heavy atom. The van der Waals surface area contributed by atoms with Crippen molar-refractivity contribution in [1.82, 2.24) is 14.5 Å². The highest BCUT2D eigenvalue weighted by molar-refractivity contribution is 5.82. The van der Waals surface area contributed by atoms with Gasteiger partial charge in [0.25, 0.3) is 0 Å². The molecule has 0 saturated heterocycles. The summed E-state index contributed by atoms with van der Waals surface area (Å²) in [5, 5.41) is 0. The summed E-state index contributed by atoms with van der Waals surface area (Å²) in [7, 11) is 0. The molecule has 0 saturated carbocycles. The SMILES string of the molecule is CC[CH]n1cnc2c(COC(C)N)nc(C)c(C)c21. The van der Waals surface area contributed by atoms with E-state index in [-0.39, 0.29) is 6.23 Å². The molecule has 0 spiro atoms. The molecule has 0 fully saturated rings. The van der Waals surface area contributed by atoms with Gasteiger partial charge in [0.1, 0.15) is 11.7 Å². The van der Waals surface area contributed by atoms with E-state index in [1.54, 1.807) is 0 Å². The van der Waals surface area contributed by atoms with Gasteiger partial charge in [-0.25, -0.2) is 4.98 Å². The van der Waals surface area contributed by atoms with Gasteiger partial charge in [-0.05, 0) is 32.8 Å². The first-order valence-corrected chi connectivity index (χ1v) is 6.57. The van der Waals surface area contributed by atoms with E-state index in [9.17, 15) is 0 Å². The molecule has 2 heterocycles. The van der Waals surface area contributed by atoms with Crippen molar-refractivity contribution >= 4 is 11.0 Å². The van der Waals surface area contributed by atoms with E-state index < -0.39 is 0 Å². The number of nitrogens with two attached hydrogens (primary N) is 1. The van der Waals surface area contributed by atoms with Crippen LogP contribution in [-0.4, -0.2) is 20.8 Å². The summed E-state index contributed by atoms with van der Waals surface area (Å²) in [6, 6.07) is 0. The fraction of sp³-hybridized carbons (Fsp3) is 0.500. The second-order valence-corrected chi connectivity index (χ2v) is 4.72. The van der Waals surface area contributed by atoms with Gasteiger partial charge in [-0.2, -0.15) is 0 Å². The van der Waals surface area contributed by atoms with Crippen LogP contribution >= 0.6 is 0 Å². The third-order valence-electron chi connectivity index (χ3n) is 3.13. The highest BCUT2D eigenvalue weighted by Gasteiger charge is 2.14. The number of fused-ring (bicyclic) bond motifs is 1. The van der Waals surface area contributed by atoms with E-state index in [0.29, 0.717) is 6.61 Å². The first kappa shape index (κ1) is 14.0. The third kappa shape index (κ3) is 2.77. The van der Waals surface area contributed by atoms with Crippen molar-refractivity contribution < 1.29 is 4.74 Å². The molecule has 103 valence electrons. The van der Waals surface area contributed by atoms with E-state index >= 15 is 0 Å². The molecule has 5 heteroatoms. The maximum Gasteiger partial charge on any atom is 0.113 e. The molecule has 5 nitrogen and oxygen atoms in total. The third-order valence-corrected chi connectivity index (χ3v) is 3.13. The van der Waals surface area contributed by atoms with Crippen LogP contribution in [-0.2, 0) is 11.3 Å². The van der Waals surface area contributed by atoms with Gasteiger partial charge >= 0.3 is 0 Å². The van der Waals surface area contributed by atoms with Gasteiger partial charge in [-0.1, -0.05) is 6.92 Å². The van der Waals surface area contributed by atoms with Gasteiger partial charge < -0.3 is 15.0 Å². The fourth-order valence-corrected chi connectivity index (χ4v) is 2.10. The predicted molar refractivity (Wildman–Crippen MR) is 75.4 cm³/mol. The molecule has 0 aromatic carbocycles. The molecule has 2 rings (SSSR count). The minimum atomic E-state index is -0.303. The number of rotatable bonds is 5. The Labute approximate surface area is 113 Å². The second-order valence-electron chi connectivity index (χ2n) is 4.72. The number of aryl methyl sites for hydroxylation is 2. The lowest BCUT2D eigenvalue weighted by atomic mass is 10.1. The van der Waals surface area contributed by atoms with Crippen LogP contribution in [0, 0.1) is 20.4 Å². The molecule has 2 aromatic heterocycles. The number of ether oxygens (including phenoxy) is 1. The predicted octanol–water partition coefficient (Wildman–Crippen LogP) is 2.29. The largest absolute Gasteiger partial charge is 0.358 e. The van der Waals surface area contributed by atoms with Gasteiger partial charge in [0.05, 0.1) is 30.7 Å². The van der Waals surface area contributed by atoms with Crippen molar-refractivity contribution in [3.05, 3.63) is 29.8 Å². The van der Waals surface area contributed by atoms with Crippen LogP contribution in [0.3, 0.4) is 0 Å². The Balaban J connectivity index is 2.50. The van der Waals surface area contributed by atoms with E-state index in [1.807, 2.05) is 20.2 Å². The van der Waals surface area contributed by atoms with Gasteiger partial charge in [0.2, 0.25) is 0 Å². The van der Waals surface area contributed by atoms with Crippen molar-refractivity contribution in [1.29, 1.82) is 0 Å². The van der Waals surface area contributed by atoms with E-state index in [2.05, 4.69) is 34.9 Å². The minimum absolute atomic E-state index is 0.303. The minimum Gasteiger partial charge on any atom is -0.358 e. The molecular weight excluding hydrogens is 240 g/mol. The zero-order valence-corrected chi connectivity index (χ0v) is 12.0. The molecule has 1 atom stereocenters. The summed E-state index contributed by atoms with van der Waals surface area (Å²) in [5.74, 6) is 0. The van der Waals surface area contributed by atoms with Crippen LogP contribution in [0.4, 0.5) is 0 Å². The maximum atomic E-state index is 5.62. The van der Waals surface area contributed by atoms with Crippen molar-refractivity contribution in [2.75, 3.05) is 0 Å². The Hall–Kier alpha value is -1.46. The zero-order valence-electron chi connectivity index (χ0n) is 12.0. The molecule has 0 bridgehead atoms. The molecule has 0 amide bonds. The molecule has 1 radical (unpaired) electrons. The number of imidazole rings is 1. The lowest BCUT2D eigenvalue weighted by Gasteiger charge is -2.11. The molecule has 2 aromatic rings. The summed E-state index contributed by atoms with van der Waals surface area (Å²) in [6.45, 7) is 10.5. The van der Waals surface area contributed by atoms with Gasteiger partial charge in [-0.15, -0.1) is 0 Å². The van der Waals surface area contributed by atoms with Crippen LogP contribution in [0.1, 0.15) is 37.2 Å². The molecule has 0 aliphatic carbocycles. The Kier molecular flexibility index (Phi) is 4.17. The van der Waals surface area contributed by atoms with Crippen LogP contribution in [0.5, 0.6) is 0 Å². The van der Waals surface area contributed by atoms with Gasteiger partial charge in [0.15, 0.2) is 0 Å². The topological polar surface area (TPSA) is 66.0 Å². The average Bonchev–Trinajstić information content (AvgIpc) is 2.77. The maximum absolute atomic E-state index is 5.62. The highest BCUT2D eigenvalue weighted by Crippen LogP contribution is 2.23. The number of nitrogens with zero attached hydrogens (tertiary/aromatic N) is 3. The number of hydrogen-bond acceptors (Lipinski definition) is 4. The molecule has 2 N–H and O–H groups in total.